The minimum Gasteiger partial charge on any atom is -0.495 e. The molecule has 0 spiro atoms. The molecular weight excluding hydrogens is 492 g/mol. The van der Waals surface area contributed by atoms with Crippen molar-refractivity contribution in [3.05, 3.63) is 91.3 Å². The summed E-state index contributed by atoms with van der Waals surface area (Å²) < 4.78 is 7.28. The molecule has 39 heavy (non-hydrogen) atoms. The highest BCUT2D eigenvalue weighted by Crippen LogP contribution is 2.31. The number of nitrogens with zero attached hydrogens (tertiary/aromatic N) is 3. The Morgan fingerprint density at radius 1 is 0.897 bits per heavy atom. The smallest absolute Gasteiger partial charge is 0.323 e. The molecule has 0 aliphatic heterocycles. The van der Waals surface area contributed by atoms with Gasteiger partial charge in [0, 0.05) is 29.4 Å². The van der Waals surface area contributed by atoms with E-state index in [1.165, 1.54) is 0 Å². The Kier molecular flexibility index (Phi) is 6.38. The van der Waals surface area contributed by atoms with Crippen LogP contribution in [-0.4, -0.2) is 33.6 Å². The van der Waals surface area contributed by atoms with Crippen LogP contribution in [0.5, 0.6) is 5.75 Å². The summed E-state index contributed by atoms with van der Waals surface area (Å²) in [4.78, 5) is 33.6. The van der Waals surface area contributed by atoms with E-state index >= 15 is 0 Å². The Balaban J connectivity index is 1.24. The minimum atomic E-state index is -0.366. The summed E-state index contributed by atoms with van der Waals surface area (Å²) in [6.45, 7) is 0. The summed E-state index contributed by atoms with van der Waals surface area (Å²) in [6, 6.07) is 24.5. The molecule has 3 amide bonds. The van der Waals surface area contributed by atoms with Crippen molar-refractivity contribution in [3.8, 4) is 22.7 Å². The lowest BCUT2D eigenvalue weighted by molar-refractivity contribution is -0.117. The van der Waals surface area contributed by atoms with Gasteiger partial charge in [0.05, 0.1) is 18.3 Å². The number of nitrogens with one attached hydrogen (secondary N) is 3. The molecule has 6 rings (SSSR count). The van der Waals surface area contributed by atoms with E-state index in [-0.39, 0.29) is 17.9 Å². The maximum Gasteiger partial charge on any atom is 0.323 e. The van der Waals surface area contributed by atoms with Crippen molar-refractivity contribution in [2.45, 2.75) is 12.8 Å². The largest absolute Gasteiger partial charge is 0.495 e. The van der Waals surface area contributed by atoms with Gasteiger partial charge < -0.3 is 19.9 Å². The molecule has 0 radical (unpaired) electrons. The lowest BCUT2D eigenvalue weighted by atomic mass is 10.0. The highest BCUT2D eigenvalue weighted by molar-refractivity contribution is 6.01. The first kappa shape index (κ1) is 24.2. The zero-order valence-electron chi connectivity index (χ0n) is 21.2. The molecule has 9 nitrogen and oxygen atoms in total. The number of rotatable bonds is 7. The van der Waals surface area contributed by atoms with Crippen LogP contribution in [-0.2, 0) is 4.79 Å². The highest BCUT2D eigenvalue weighted by atomic mass is 16.5. The van der Waals surface area contributed by atoms with E-state index in [1.54, 1.807) is 25.4 Å². The molecule has 1 aliphatic rings. The van der Waals surface area contributed by atoms with Crippen LogP contribution in [0.4, 0.5) is 22.1 Å². The second-order valence-corrected chi connectivity index (χ2v) is 9.32. The average Bonchev–Trinajstić information content (AvgIpc) is 3.73. The molecule has 0 atom stereocenters. The Morgan fingerprint density at radius 3 is 2.59 bits per heavy atom. The van der Waals surface area contributed by atoms with Gasteiger partial charge in [0.15, 0.2) is 0 Å². The molecule has 1 fully saturated rings. The molecule has 9 heteroatoms. The van der Waals surface area contributed by atoms with Crippen molar-refractivity contribution < 1.29 is 14.3 Å². The van der Waals surface area contributed by atoms with Crippen molar-refractivity contribution in [2.24, 2.45) is 5.92 Å². The van der Waals surface area contributed by atoms with Gasteiger partial charge in [-0.1, -0.05) is 36.4 Å². The maximum atomic E-state index is 12.7. The molecule has 0 bridgehead atoms. The quantitative estimate of drug-likeness (QED) is 0.242. The summed E-state index contributed by atoms with van der Waals surface area (Å²) in [5.41, 5.74) is 4.12. The first-order valence-electron chi connectivity index (χ1n) is 12.6. The van der Waals surface area contributed by atoms with Gasteiger partial charge in [0.2, 0.25) is 11.9 Å². The first-order chi connectivity index (χ1) is 19.1. The first-order valence-corrected chi connectivity index (χ1v) is 12.6. The lowest BCUT2D eigenvalue weighted by Gasteiger charge is -2.12. The van der Waals surface area contributed by atoms with Gasteiger partial charge >= 0.3 is 6.03 Å². The zero-order valence-corrected chi connectivity index (χ0v) is 21.2. The maximum absolute atomic E-state index is 12.7. The van der Waals surface area contributed by atoms with Gasteiger partial charge in [0.25, 0.3) is 0 Å². The van der Waals surface area contributed by atoms with Gasteiger partial charge in [-0.2, -0.15) is 4.98 Å². The second kappa shape index (κ2) is 10.3. The fraction of sp³-hybridized carbons (Fsp3) is 0.133. The van der Waals surface area contributed by atoms with Crippen LogP contribution in [0.1, 0.15) is 12.8 Å². The molecule has 0 saturated heterocycles. The molecule has 2 aromatic heterocycles. The fourth-order valence-corrected chi connectivity index (χ4v) is 4.42. The van der Waals surface area contributed by atoms with Crippen LogP contribution in [0.2, 0.25) is 0 Å². The third-order valence-corrected chi connectivity index (χ3v) is 6.57. The van der Waals surface area contributed by atoms with Crippen LogP contribution in [0.15, 0.2) is 91.3 Å². The average molecular weight is 519 g/mol. The van der Waals surface area contributed by atoms with E-state index in [9.17, 15) is 9.59 Å². The minimum absolute atomic E-state index is 0.0307. The molecule has 5 aromatic rings. The molecule has 1 saturated carbocycles. The van der Waals surface area contributed by atoms with E-state index in [4.69, 9.17) is 4.74 Å². The number of amides is 3. The topological polar surface area (TPSA) is 110 Å². The van der Waals surface area contributed by atoms with Crippen molar-refractivity contribution in [1.29, 1.82) is 0 Å². The Morgan fingerprint density at radius 2 is 1.74 bits per heavy atom. The Bertz CT molecular complexity index is 1690. The normalized spacial score (nSPS) is 12.6. The van der Waals surface area contributed by atoms with Gasteiger partial charge in [-0.3, -0.25) is 10.1 Å². The predicted octanol–water partition coefficient (Wildman–Crippen LogP) is 6.09. The third-order valence-electron chi connectivity index (χ3n) is 6.57. The standard InChI is InChI=1S/C30H26N6O3/c1-39-26-8-3-2-7-24(26)33-30(38)32-23-6-4-5-21(17-23)22-12-9-19-14-16-36(25(19)18-22)27-13-15-31-29(34-27)35-28(37)20-10-11-20/h2-9,12-18,20H,10-11H2,1H3,(H2,32,33,38)(H,31,34,35,37). The van der Waals surface area contributed by atoms with Crippen LogP contribution in [0, 0.1) is 5.92 Å². The molecule has 1 aliphatic carbocycles. The number of aromatic nitrogens is 3. The van der Waals surface area contributed by atoms with Gasteiger partial charge in [-0.25, -0.2) is 9.78 Å². The summed E-state index contributed by atoms with van der Waals surface area (Å²) in [5, 5.41) is 9.58. The van der Waals surface area contributed by atoms with Crippen molar-refractivity contribution in [3.63, 3.8) is 0 Å². The van der Waals surface area contributed by atoms with Crippen molar-refractivity contribution in [1.82, 2.24) is 14.5 Å². The number of benzene rings is 3. The number of para-hydroxylation sites is 2. The van der Waals surface area contributed by atoms with Crippen LogP contribution in [0.3, 0.4) is 0 Å². The lowest BCUT2D eigenvalue weighted by Crippen LogP contribution is -2.19. The van der Waals surface area contributed by atoms with E-state index in [0.717, 1.165) is 34.9 Å². The van der Waals surface area contributed by atoms with Crippen LogP contribution < -0.4 is 20.7 Å². The summed E-state index contributed by atoms with van der Waals surface area (Å²) >= 11 is 0. The van der Waals surface area contributed by atoms with Crippen LogP contribution >= 0.6 is 0 Å². The second-order valence-electron chi connectivity index (χ2n) is 9.32. The van der Waals surface area contributed by atoms with E-state index < -0.39 is 0 Å². The molecular formula is C30H26N6O3. The highest BCUT2D eigenvalue weighted by Gasteiger charge is 2.30. The number of carbonyl (C=O) groups excluding carboxylic acids is 2. The summed E-state index contributed by atoms with van der Waals surface area (Å²) in [6.07, 6.45) is 5.43. The van der Waals surface area contributed by atoms with E-state index in [2.05, 4.69) is 32.0 Å². The summed E-state index contributed by atoms with van der Waals surface area (Å²) in [7, 11) is 1.56. The van der Waals surface area contributed by atoms with Gasteiger partial charge in [0.1, 0.15) is 11.6 Å². The Labute approximate surface area is 224 Å². The number of carbonyl (C=O) groups is 2. The molecule has 3 aromatic carbocycles. The number of methoxy groups -OCH3 is 1. The zero-order chi connectivity index (χ0) is 26.8. The Hall–Kier alpha value is -5.18. The van der Waals surface area contributed by atoms with Gasteiger partial charge in [-0.05, 0) is 66.4 Å². The van der Waals surface area contributed by atoms with Gasteiger partial charge in [-0.15, -0.1) is 0 Å². The van der Waals surface area contributed by atoms with Crippen molar-refractivity contribution in [2.75, 3.05) is 23.1 Å². The molecule has 194 valence electrons. The molecule has 0 unspecified atom stereocenters. The number of hydrogen-bond donors (Lipinski definition) is 3. The number of ether oxygens (including phenoxy) is 1. The fourth-order valence-electron chi connectivity index (χ4n) is 4.42. The SMILES string of the molecule is COc1ccccc1NC(=O)Nc1cccc(-c2ccc3ccn(-c4ccnc(NC(=O)C5CC5)n4)c3c2)c1. The molecule has 2 heterocycles. The van der Waals surface area contributed by atoms with Crippen LogP contribution in [0.25, 0.3) is 27.8 Å². The number of anilines is 3. The predicted molar refractivity (Wildman–Crippen MR) is 151 cm³/mol. The van der Waals surface area contributed by atoms with Crippen molar-refractivity contribution >= 4 is 40.2 Å². The number of fused-ring (bicyclic) bond motifs is 1. The van der Waals surface area contributed by atoms with E-state index in [0.29, 0.717) is 28.9 Å². The number of hydrogen-bond acceptors (Lipinski definition) is 5. The monoisotopic (exact) mass is 518 g/mol. The summed E-state index contributed by atoms with van der Waals surface area (Å²) in [5.74, 6) is 1.58. The van der Waals surface area contributed by atoms with E-state index in [1.807, 2.05) is 71.4 Å². The molecule has 3 N–H and O–H groups in total. The number of urea groups is 1. The third kappa shape index (κ3) is 5.28.